The first-order valence-electron chi connectivity index (χ1n) is 6.08. The van der Waals surface area contributed by atoms with Crippen LogP contribution in [-0.4, -0.2) is 9.95 Å². The number of nitrogens with one attached hydrogen (secondary N) is 4. The lowest BCUT2D eigenvalue weighted by molar-refractivity contribution is 0.262. The number of urea groups is 1. The van der Waals surface area contributed by atoms with Crippen molar-refractivity contribution < 1.29 is 9.59 Å². The molecule has 108 valence electrons. The monoisotopic (exact) mass is 396 g/mol. The van der Waals surface area contributed by atoms with Gasteiger partial charge in [-0.1, -0.05) is 24.3 Å². The highest BCUT2D eigenvalue weighted by Crippen LogP contribution is 2.15. The first-order chi connectivity index (χ1) is 10.1. The lowest BCUT2D eigenvalue weighted by Crippen LogP contribution is -2.23. The van der Waals surface area contributed by atoms with Gasteiger partial charge in [-0.25, -0.2) is 4.79 Å². The molecule has 2 rings (SSSR count). The number of rotatable bonds is 4. The summed E-state index contributed by atoms with van der Waals surface area (Å²) in [4.78, 5) is 22.7. The molecule has 0 saturated carbocycles. The quantitative estimate of drug-likeness (QED) is 0.275. The van der Waals surface area contributed by atoms with Crippen LogP contribution >= 0.6 is 22.6 Å². The van der Waals surface area contributed by atoms with E-state index in [-0.39, 0.29) is 9.95 Å². The molecule has 0 spiro atoms. The maximum Gasteiger partial charge on any atom is 0.323 e. The minimum absolute atomic E-state index is 0.229. The molecule has 0 bridgehead atoms. The number of benzene rings is 2. The van der Waals surface area contributed by atoms with Gasteiger partial charge < -0.3 is 10.6 Å². The molecule has 2 aromatic rings. The van der Waals surface area contributed by atoms with E-state index in [1.54, 1.807) is 59.0 Å². The van der Waals surface area contributed by atoms with Crippen molar-refractivity contribution in [1.82, 2.24) is 5.43 Å². The highest BCUT2D eigenvalue weighted by atomic mass is 127. The first-order valence-corrected chi connectivity index (χ1v) is 7.16. The van der Waals surface area contributed by atoms with Gasteiger partial charge >= 0.3 is 6.03 Å². The third-order valence-electron chi connectivity index (χ3n) is 2.46. The normalized spacial score (nSPS) is 9.57. The zero-order chi connectivity index (χ0) is 15.1. The molecule has 0 fully saturated rings. The second kappa shape index (κ2) is 7.48. The number of amides is 3. The maximum absolute atomic E-state index is 11.8. The molecule has 3 amide bonds. The molecule has 0 radical (unpaired) electrons. The fraction of sp³-hybridized carbons (Fsp3) is 0. The molecule has 0 aromatic heterocycles. The minimum Gasteiger partial charge on any atom is -0.308 e. The molecule has 0 aliphatic rings. The van der Waals surface area contributed by atoms with E-state index in [9.17, 15) is 9.59 Å². The average Bonchev–Trinajstić information content (AvgIpc) is 2.46. The Labute approximate surface area is 135 Å². The van der Waals surface area contributed by atoms with E-state index in [2.05, 4.69) is 21.5 Å². The Hall–Kier alpha value is -2.29. The Morgan fingerprint density at radius 1 is 0.810 bits per heavy atom. The first kappa shape index (κ1) is 15.1. The Kier molecular flexibility index (Phi) is 5.38. The summed E-state index contributed by atoms with van der Waals surface area (Å²) in [5.41, 5.74) is 7.16. The lowest BCUT2D eigenvalue weighted by Gasteiger charge is -2.10. The van der Waals surface area contributed by atoms with Crippen LogP contribution in [0.3, 0.4) is 0 Å². The van der Waals surface area contributed by atoms with Gasteiger partial charge in [0.05, 0.1) is 5.69 Å². The second-order valence-electron chi connectivity index (χ2n) is 4.05. The van der Waals surface area contributed by atoms with Crippen molar-refractivity contribution in [1.29, 1.82) is 0 Å². The Morgan fingerprint density at radius 2 is 1.43 bits per heavy atom. The van der Waals surface area contributed by atoms with E-state index >= 15 is 0 Å². The molecule has 0 aliphatic heterocycles. The van der Waals surface area contributed by atoms with Crippen LogP contribution in [0.15, 0.2) is 54.6 Å². The molecule has 0 unspecified atom stereocenters. The minimum atomic E-state index is -0.337. The smallest absolute Gasteiger partial charge is 0.308 e. The molecule has 21 heavy (non-hydrogen) atoms. The van der Waals surface area contributed by atoms with Crippen LogP contribution in [-0.2, 0) is 0 Å². The number of para-hydroxylation sites is 1. The molecule has 0 atom stereocenters. The predicted octanol–water partition coefficient (Wildman–Crippen LogP) is 3.80. The summed E-state index contributed by atoms with van der Waals surface area (Å²) in [6.07, 6.45) is 0. The van der Waals surface area contributed by atoms with Crippen LogP contribution in [0.5, 0.6) is 0 Å². The summed E-state index contributed by atoms with van der Waals surface area (Å²) < 4.78 is -0.229. The van der Waals surface area contributed by atoms with Crippen molar-refractivity contribution in [2.45, 2.75) is 0 Å². The number of carbonyl (C=O) groups excluding carboxylic acids is 2. The van der Waals surface area contributed by atoms with E-state index in [0.29, 0.717) is 17.1 Å². The van der Waals surface area contributed by atoms with Gasteiger partial charge in [-0.05, 0) is 30.3 Å². The van der Waals surface area contributed by atoms with Crippen molar-refractivity contribution in [3.63, 3.8) is 0 Å². The summed E-state index contributed by atoms with van der Waals surface area (Å²) in [5.74, 6) is 0. The highest BCUT2D eigenvalue weighted by molar-refractivity contribution is 14.1. The van der Waals surface area contributed by atoms with Crippen molar-refractivity contribution >= 4 is 49.6 Å². The number of halogens is 1. The summed E-state index contributed by atoms with van der Waals surface area (Å²) in [6.45, 7) is 0. The molecule has 7 heteroatoms. The van der Waals surface area contributed by atoms with Gasteiger partial charge in [-0.2, -0.15) is 0 Å². The summed E-state index contributed by atoms with van der Waals surface area (Å²) in [7, 11) is 0. The van der Waals surface area contributed by atoms with Gasteiger partial charge in [-0.15, -0.1) is 0 Å². The summed E-state index contributed by atoms with van der Waals surface area (Å²) in [6, 6.07) is 15.8. The van der Waals surface area contributed by atoms with Gasteiger partial charge in [0, 0.05) is 34.0 Å². The standard InChI is InChI=1S/C14H13IN4O2/c15-13(20)19-18-12-8-4-7-11(9-12)17-14(21)16-10-5-2-1-3-6-10/h1-9,18H,(H,19,20)(H2,16,17,21). The predicted molar refractivity (Wildman–Crippen MR) is 91.7 cm³/mol. The van der Waals surface area contributed by atoms with Crippen molar-refractivity contribution in [2.75, 3.05) is 16.1 Å². The van der Waals surface area contributed by atoms with Crippen LogP contribution < -0.4 is 21.5 Å². The van der Waals surface area contributed by atoms with Crippen LogP contribution in [0.25, 0.3) is 0 Å². The Balaban J connectivity index is 1.94. The molecule has 0 aliphatic carbocycles. The molecule has 6 nitrogen and oxygen atoms in total. The second-order valence-corrected chi connectivity index (χ2v) is 5.03. The number of hydrazine groups is 1. The topological polar surface area (TPSA) is 82.3 Å². The number of hydrogen-bond acceptors (Lipinski definition) is 3. The number of anilines is 3. The van der Waals surface area contributed by atoms with Crippen LogP contribution in [0, 0.1) is 0 Å². The molecule has 0 heterocycles. The third-order valence-corrected chi connectivity index (χ3v) is 2.73. The largest absolute Gasteiger partial charge is 0.323 e. The average molecular weight is 396 g/mol. The van der Waals surface area contributed by atoms with Crippen LogP contribution in [0.1, 0.15) is 0 Å². The van der Waals surface area contributed by atoms with Crippen LogP contribution in [0.2, 0.25) is 0 Å². The molecule has 2 aromatic carbocycles. The zero-order valence-corrected chi connectivity index (χ0v) is 13.0. The van der Waals surface area contributed by atoms with E-state index in [4.69, 9.17) is 0 Å². The highest BCUT2D eigenvalue weighted by Gasteiger charge is 2.03. The fourth-order valence-electron chi connectivity index (χ4n) is 1.61. The SMILES string of the molecule is O=C(I)NNc1cccc(NC(=O)Nc2ccccc2)c1. The summed E-state index contributed by atoms with van der Waals surface area (Å²) >= 11 is 1.62. The molecule has 4 N–H and O–H groups in total. The molecule has 0 saturated heterocycles. The lowest BCUT2D eigenvalue weighted by atomic mass is 10.3. The van der Waals surface area contributed by atoms with Crippen molar-refractivity contribution in [3.8, 4) is 0 Å². The fourth-order valence-corrected chi connectivity index (χ4v) is 1.75. The summed E-state index contributed by atoms with van der Waals surface area (Å²) in [5, 5.41) is 5.43. The number of hydrogen-bond donors (Lipinski definition) is 4. The van der Waals surface area contributed by atoms with Gasteiger partial charge in [0.25, 0.3) is 3.91 Å². The van der Waals surface area contributed by atoms with E-state index < -0.39 is 0 Å². The van der Waals surface area contributed by atoms with Crippen molar-refractivity contribution in [3.05, 3.63) is 54.6 Å². The maximum atomic E-state index is 11.8. The van der Waals surface area contributed by atoms with Gasteiger partial charge in [0.15, 0.2) is 0 Å². The Morgan fingerprint density at radius 3 is 2.14 bits per heavy atom. The van der Waals surface area contributed by atoms with Gasteiger partial charge in [-0.3, -0.25) is 15.6 Å². The number of carbonyl (C=O) groups is 2. The zero-order valence-electron chi connectivity index (χ0n) is 10.9. The van der Waals surface area contributed by atoms with E-state index in [1.807, 2.05) is 18.2 Å². The van der Waals surface area contributed by atoms with Crippen molar-refractivity contribution in [2.24, 2.45) is 0 Å². The van der Waals surface area contributed by atoms with E-state index in [0.717, 1.165) is 0 Å². The van der Waals surface area contributed by atoms with Gasteiger partial charge in [0.2, 0.25) is 0 Å². The van der Waals surface area contributed by atoms with Crippen LogP contribution in [0.4, 0.5) is 26.7 Å². The third kappa shape index (κ3) is 5.30. The van der Waals surface area contributed by atoms with Gasteiger partial charge in [0.1, 0.15) is 0 Å². The Bertz CT molecular complexity index is 634. The molecular formula is C14H13IN4O2. The van der Waals surface area contributed by atoms with E-state index in [1.165, 1.54) is 0 Å². The molecular weight excluding hydrogens is 383 g/mol.